The number of aromatic nitrogens is 1. The van der Waals surface area contributed by atoms with E-state index in [0.717, 1.165) is 24.3 Å². The Labute approximate surface area is 107 Å². The molecule has 3 heteroatoms. The van der Waals surface area contributed by atoms with Crippen molar-refractivity contribution in [1.29, 1.82) is 0 Å². The Hall–Kier alpha value is -2.03. The van der Waals surface area contributed by atoms with Gasteiger partial charge in [-0.2, -0.15) is 0 Å². The van der Waals surface area contributed by atoms with Crippen molar-refractivity contribution in [2.24, 2.45) is 0 Å². The topological polar surface area (TPSA) is 31.4 Å². The monoisotopic (exact) mass is 243 g/mol. The van der Waals surface area contributed by atoms with E-state index < -0.39 is 0 Å². The Kier molecular flexibility index (Phi) is 4.18. The molecule has 0 saturated heterocycles. The van der Waals surface area contributed by atoms with Crippen LogP contribution in [-0.4, -0.2) is 12.1 Å². The summed E-state index contributed by atoms with van der Waals surface area (Å²) in [6.07, 6.45) is 3.94. The lowest BCUT2D eigenvalue weighted by molar-refractivity contribution is 0.412. The summed E-state index contributed by atoms with van der Waals surface area (Å²) in [7, 11) is 1.64. The molecule has 0 fully saturated rings. The Morgan fingerprint density at radius 2 is 1.78 bits per heavy atom. The third kappa shape index (κ3) is 3.23. The van der Waals surface area contributed by atoms with Gasteiger partial charge in [-0.15, -0.1) is 0 Å². The van der Waals surface area contributed by atoms with E-state index in [0.29, 0.717) is 5.88 Å². The molecule has 1 aromatic heterocycles. The second-order valence-corrected chi connectivity index (χ2v) is 4.03. The molecule has 0 spiro atoms. The van der Waals surface area contributed by atoms with E-state index in [1.807, 2.05) is 36.4 Å². The molecular weight excluding hydrogens is 226 g/mol. The molecule has 0 aliphatic rings. The molecule has 2 rings (SSSR count). The number of rotatable bonds is 5. The van der Waals surface area contributed by atoms with Crippen LogP contribution in [-0.2, 0) is 6.42 Å². The first-order valence-electron chi connectivity index (χ1n) is 6.08. The van der Waals surface area contributed by atoms with E-state index in [9.17, 15) is 0 Å². The predicted octanol–water partition coefficient (Wildman–Crippen LogP) is 3.84. The van der Waals surface area contributed by atoms with Crippen LogP contribution in [0.4, 0.5) is 0 Å². The fraction of sp³-hybridized carbons (Fsp3) is 0.267. The van der Waals surface area contributed by atoms with E-state index in [1.54, 1.807) is 13.3 Å². The lowest BCUT2D eigenvalue weighted by Crippen LogP contribution is -1.90. The second kappa shape index (κ2) is 6.05. The quantitative estimate of drug-likeness (QED) is 0.799. The van der Waals surface area contributed by atoms with Crippen molar-refractivity contribution in [3.05, 3.63) is 48.2 Å². The molecule has 0 aliphatic heterocycles. The van der Waals surface area contributed by atoms with Gasteiger partial charge in [0.15, 0.2) is 0 Å². The van der Waals surface area contributed by atoms with Crippen LogP contribution in [0.5, 0.6) is 17.4 Å². The number of aryl methyl sites for hydroxylation is 1. The van der Waals surface area contributed by atoms with Crippen molar-refractivity contribution in [3.63, 3.8) is 0 Å². The number of ether oxygens (including phenoxy) is 2. The van der Waals surface area contributed by atoms with Crippen LogP contribution < -0.4 is 9.47 Å². The maximum atomic E-state index is 5.70. The molecule has 94 valence electrons. The van der Waals surface area contributed by atoms with E-state index in [2.05, 4.69) is 11.9 Å². The summed E-state index contributed by atoms with van der Waals surface area (Å²) < 4.78 is 10.8. The van der Waals surface area contributed by atoms with Gasteiger partial charge < -0.3 is 9.47 Å². The fourth-order valence-electron chi connectivity index (χ4n) is 1.71. The van der Waals surface area contributed by atoms with Gasteiger partial charge in [-0.25, -0.2) is 4.98 Å². The third-order valence-corrected chi connectivity index (χ3v) is 2.62. The molecule has 0 radical (unpaired) electrons. The summed E-state index contributed by atoms with van der Waals surface area (Å²) in [5.74, 6) is 2.21. The highest BCUT2D eigenvalue weighted by molar-refractivity contribution is 5.34. The maximum absolute atomic E-state index is 5.70. The van der Waals surface area contributed by atoms with Crippen LogP contribution in [0.1, 0.15) is 18.9 Å². The smallest absolute Gasteiger partial charge is 0.219 e. The van der Waals surface area contributed by atoms with E-state index in [1.165, 1.54) is 5.56 Å². The largest absolute Gasteiger partial charge is 0.497 e. The normalized spacial score (nSPS) is 10.1. The first-order valence-corrected chi connectivity index (χ1v) is 6.08. The Morgan fingerprint density at radius 1 is 1.06 bits per heavy atom. The molecule has 0 aliphatic carbocycles. The zero-order valence-corrected chi connectivity index (χ0v) is 10.7. The van der Waals surface area contributed by atoms with E-state index in [4.69, 9.17) is 9.47 Å². The Bertz CT molecular complexity index is 494. The minimum atomic E-state index is 0.631. The molecule has 1 aromatic carbocycles. The van der Waals surface area contributed by atoms with E-state index >= 15 is 0 Å². The van der Waals surface area contributed by atoms with Crippen molar-refractivity contribution in [2.75, 3.05) is 7.11 Å². The number of methoxy groups -OCH3 is 1. The molecular formula is C15H17NO2. The number of hydrogen-bond donors (Lipinski definition) is 0. The molecule has 3 nitrogen and oxygen atoms in total. The van der Waals surface area contributed by atoms with Crippen LogP contribution in [0.25, 0.3) is 0 Å². The van der Waals surface area contributed by atoms with Gasteiger partial charge in [0.1, 0.15) is 11.5 Å². The van der Waals surface area contributed by atoms with E-state index in [-0.39, 0.29) is 0 Å². The van der Waals surface area contributed by atoms with Gasteiger partial charge >= 0.3 is 0 Å². The third-order valence-electron chi connectivity index (χ3n) is 2.62. The lowest BCUT2D eigenvalue weighted by Gasteiger charge is -2.07. The zero-order valence-electron chi connectivity index (χ0n) is 10.7. The number of pyridine rings is 1. The zero-order chi connectivity index (χ0) is 12.8. The minimum Gasteiger partial charge on any atom is -0.497 e. The number of benzene rings is 1. The van der Waals surface area contributed by atoms with Gasteiger partial charge in [0.05, 0.1) is 7.11 Å². The highest BCUT2D eigenvalue weighted by atomic mass is 16.5. The SMILES string of the molecule is CCCc1ccnc(Oc2ccc(OC)cc2)c1. The summed E-state index contributed by atoms with van der Waals surface area (Å²) in [5.41, 5.74) is 1.25. The van der Waals surface area contributed by atoms with Gasteiger partial charge in [0.25, 0.3) is 0 Å². The van der Waals surface area contributed by atoms with Gasteiger partial charge in [-0.3, -0.25) is 0 Å². The van der Waals surface area contributed by atoms with Crippen molar-refractivity contribution in [1.82, 2.24) is 4.98 Å². The van der Waals surface area contributed by atoms with Crippen molar-refractivity contribution in [2.45, 2.75) is 19.8 Å². The van der Waals surface area contributed by atoms with Gasteiger partial charge in [0.2, 0.25) is 5.88 Å². The van der Waals surface area contributed by atoms with Gasteiger partial charge in [0, 0.05) is 12.3 Å². The average molecular weight is 243 g/mol. The van der Waals surface area contributed by atoms with Crippen molar-refractivity contribution in [3.8, 4) is 17.4 Å². The predicted molar refractivity (Wildman–Crippen MR) is 71.3 cm³/mol. The molecule has 0 amide bonds. The number of hydrogen-bond acceptors (Lipinski definition) is 3. The first-order chi connectivity index (χ1) is 8.81. The summed E-state index contributed by atoms with van der Waals surface area (Å²) in [6.45, 7) is 2.16. The van der Waals surface area contributed by atoms with Crippen LogP contribution in [0.2, 0.25) is 0 Å². The van der Waals surface area contributed by atoms with Crippen LogP contribution in [0.3, 0.4) is 0 Å². The van der Waals surface area contributed by atoms with Gasteiger partial charge in [-0.05, 0) is 42.3 Å². The van der Waals surface area contributed by atoms with Gasteiger partial charge in [-0.1, -0.05) is 13.3 Å². The standard InChI is InChI=1S/C15H17NO2/c1-3-4-12-9-10-16-15(11-12)18-14-7-5-13(17-2)6-8-14/h5-11H,3-4H2,1-2H3. The van der Waals surface area contributed by atoms with Crippen LogP contribution in [0, 0.1) is 0 Å². The van der Waals surface area contributed by atoms with Crippen molar-refractivity contribution >= 4 is 0 Å². The van der Waals surface area contributed by atoms with Crippen LogP contribution in [0.15, 0.2) is 42.6 Å². The second-order valence-electron chi connectivity index (χ2n) is 4.03. The Balaban J connectivity index is 2.09. The summed E-state index contributed by atoms with van der Waals surface area (Å²) in [5, 5.41) is 0. The summed E-state index contributed by atoms with van der Waals surface area (Å²) >= 11 is 0. The fourth-order valence-corrected chi connectivity index (χ4v) is 1.71. The average Bonchev–Trinajstić information content (AvgIpc) is 2.40. The van der Waals surface area contributed by atoms with Crippen molar-refractivity contribution < 1.29 is 9.47 Å². The highest BCUT2D eigenvalue weighted by Crippen LogP contribution is 2.22. The highest BCUT2D eigenvalue weighted by Gasteiger charge is 2.00. The molecule has 2 aromatic rings. The maximum Gasteiger partial charge on any atom is 0.219 e. The molecule has 0 atom stereocenters. The van der Waals surface area contributed by atoms with Crippen LogP contribution >= 0.6 is 0 Å². The molecule has 0 N–H and O–H groups in total. The number of nitrogens with zero attached hydrogens (tertiary/aromatic N) is 1. The molecule has 0 saturated carbocycles. The Morgan fingerprint density at radius 3 is 2.44 bits per heavy atom. The molecule has 0 unspecified atom stereocenters. The lowest BCUT2D eigenvalue weighted by atomic mass is 10.1. The molecule has 0 bridgehead atoms. The molecule has 1 heterocycles. The molecule has 18 heavy (non-hydrogen) atoms. The first kappa shape index (κ1) is 12.4. The minimum absolute atomic E-state index is 0.631. The summed E-state index contributed by atoms with van der Waals surface area (Å²) in [4.78, 5) is 4.21. The summed E-state index contributed by atoms with van der Waals surface area (Å²) in [6, 6.07) is 11.5.